The number of likely N-dealkylation sites (N-methyl/N-ethyl adjacent to an activating group) is 1. The number of hydrogen-bond donors (Lipinski definition) is 1. The fourth-order valence-corrected chi connectivity index (χ4v) is 2.89. The Bertz CT molecular complexity index is 320. The molecule has 1 saturated heterocycles. The van der Waals surface area contributed by atoms with Gasteiger partial charge in [0.25, 0.3) is 0 Å². The molecule has 0 aromatic carbocycles. The number of allylic oxidation sites excluding steroid dienone is 2. The van der Waals surface area contributed by atoms with E-state index in [2.05, 4.69) is 25.5 Å². The van der Waals surface area contributed by atoms with E-state index in [1.165, 1.54) is 6.54 Å². The predicted molar refractivity (Wildman–Crippen MR) is 69.8 cm³/mol. The molecular formula is C14H25N2O+. The van der Waals surface area contributed by atoms with E-state index in [0.29, 0.717) is 11.8 Å². The molecule has 0 bridgehead atoms. The zero-order valence-electron chi connectivity index (χ0n) is 11.2. The Balaban J connectivity index is 1.88. The second-order valence-electron chi connectivity index (χ2n) is 5.94. The Morgan fingerprint density at radius 1 is 1.47 bits per heavy atom. The van der Waals surface area contributed by atoms with Gasteiger partial charge in [0.1, 0.15) is 6.04 Å². The quantitative estimate of drug-likeness (QED) is 0.754. The van der Waals surface area contributed by atoms with Gasteiger partial charge in [0.15, 0.2) is 5.78 Å². The van der Waals surface area contributed by atoms with Crippen molar-refractivity contribution in [1.29, 1.82) is 0 Å². The molecule has 1 unspecified atom stereocenters. The van der Waals surface area contributed by atoms with Crippen molar-refractivity contribution >= 4 is 5.78 Å². The van der Waals surface area contributed by atoms with Crippen LogP contribution in [0.1, 0.15) is 32.1 Å². The summed E-state index contributed by atoms with van der Waals surface area (Å²) in [4.78, 5) is 11.7. The molecule has 2 aliphatic rings. The van der Waals surface area contributed by atoms with E-state index in [9.17, 15) is 4.79 Å². The summed E-state index contributed by atoms with van der Waals surface area (Å²) in [5, 5.41) is 3.47. The largest absolute Gasteiger partial charge is 0.324 e. The number of quaternary nitrogens is 1. The Morgan fingerprint density at radius 3 is 3.00 bits per heavy atom. The number of ketones is 1. The molecule has 1 fully saturated rings. The Hall–Kier alpha value is -0.670. The van der Waals surface area contributed by atoms with Crippen molar-refractivity contribution in [2.75, 3.05) is 33.7 Å². The van der Waals surface area contributed by atoms with Crippen LogP contribution in [0.15, 0.2) is 11.6 Å². The molecule has 3 heteroatoms. The predicted octanol–water partition coefficient (Wildman–Crippen LogP) is 1.49. The normalized spacial score (nSPS) is 28.9. The maximum absolute atomic E-state index is 11.7. The fraction of sp³-hybridized carbons (Fsp3) is 0.786. The van der Waals surface area contributed by atoms with Gasteiger partial charge in [-0.2, -0.15) is 0 Å². The van der Waals surface area contributed by atoms with Gasteiger partial charge < -0.3 is 9.80 Å². The molecule has 1 N–H and O–H groups in total. The number of piperazine rings is 1. The molecule has 1 atom stereocenters. The first-order chi connectivity index (χ1) is 8.09. The number of rotatable bonds is 3. The van der Waals surface area contributed by atoms with Crippen molar-refractivity contribution in [1.82, 2.24) is 5.32 Å². The first kappa shape index (κ1) is 12.8. The summed E-state index contributed by atoms with van der Waals surface area (Å²) in [6.45, 7) is 3.40. The van der Waals surface area contributed by atoms with Crippen LogP contribution in [0.3, 0.4) is 0 Å². The highest BCUT2D eigenvalue weighted by Gasteiger charge is 2.31. The number of hydrogen-bond acceptors (Lipinski definition) is 2. The summed E-state index contributed by atoms with van der Waals surface area (Å²) in [6.07, 6.45) is 7.20. The molecule has 0 aromatic heterocycles. The van der Waals surface area contributed by atoms with Gasteiger partial charge in [0.2, 0.25) is 0 Å². The molecule has 0 radical (unpaired) electrons. The van der Waals surface area contributed by atoms with Crippen LogP contribution >= 0.6 is 0 Å². The number of carbonyl (C=O) groups excluding carboxylic acids is 1. The molecule has 0 saturated carbocycles. The highest BCUT2D eigenvalue weighted by Crippen LogP contribution is 2.22. The topological polar surface area (TPSA) is 29.1 Å². The van der Waals surface area contributed by atoms with Crippen molar-refractivity contribution in [2.24, 2.45) is 0 Å². The lowest BCUT2D eigenvalue weighted by atomic mass is 9.92. The molecular weight excluding hydrogens is 212 g/mol. The van der Waals surface area contributed by atoms with Crippen molar-refractivity contribution in [2.45, 2.75) is 38.1 Å². The average Bonchev–Trinajstić information content (AvgIpc) is 2.29. The maximum Gasteiger partial charge on any atom is 0.158 e. The van der Waals surface area contributed by atoms with Gasteiger partial charge in [-0.25, -0.2) is 0 Å². The van der Waals surface area contributed by atoms with E-state index in [1.54, 1.807) is 0 Å². The molecule has 1 heterocycles. The molecule has 2 rings (SSSR count). The van der Waals surface area contributed by atoms with Crippen molar-refractivity contribution in [3.63, 3.8) is 0 Å². The van der Waals surface area contributed by atoms with Crippen LogP contribution in [-0.4, -0.2) is 50.0 Å². The molecule has 1 aliphatic carbocycles. The van der Waals surface area contributed by atoms with Gasteiger partial charge in [-0.1, -0.05) is 6.08 Å². The van der Waals surface area contributed by atoms with Gasteiger partial charge in [-0.15, -0.1) is 0 Å². The summed E-state index contributed by atoms with van der Waals surface area (Å²) < 4.78 is 1.09. The zero-order valence-corrected chi connectivity index (χ0v) is 11.2. The standard InChI is InChI=1S/C14H25N2O/c1-16(2)10-9-15-11-13(16)8-7-12-5-3-4-6-14(12)17/h5,13,15H,3-4,6-11H2,1-2H3/q+1. The van der Waals surface area contributed by atoms with E-state index in [0.717, 1.165) is 55.2 Å². The van der Waals surface area contributed by atoms with Crippen LogP contribution in [0.25, 0.3) is 0 Å². The van der Waals surface area contributed by atoms with Crippen LogP contribution in [0.4, 0.5) is 0 Å². The molecule has 96 valence electrons. The van der Waals surface area contributed by atoms with Crippen LogP contribution in [0.2, 0.25) is 0 Å². The van der Waals surface area contributed by atoms with E-state index >= 15 is 0 Å². The summed E-state index contributed by atoms with van der Waals surface area (Å²) in [6, 6.07) is 0.652. The van der Waals surface area contributed by atoms with Gasteiger partial charge in [-0.05, 0) is 24.8 Å². The van der Waals surface area contributed by atoms with E-state index in [1.807, 2.05) is 0 Å². The lowest BCUT2D eigenvalue weighted by Crippen LogP contribution is -2.60. The highest BCUT2D eigenvalue weighted by atomic mass is 16.1. The van der Waals surface area contributed by atoms with E-state index in [-0.39, 0.29) is 0 Å². The first-order valence-electron chi connectivity index (χ1n) is 6.85. The minimum Gasteiger partial charge on any atom is -0.324 e. The Labute approximate surface area is 104 Å². The molecule has 0 amide bonds. The summed E-state index contributed by atoms with van der Waals surface area (Å²) in [5.74, 6) is 0.394. The van der Waals surface area contributed by atoms with Gasteiger partial charge in [0.05, 0.1) is 20.6 Å². The molecule has 0 aromatic rings. The lowest BCUT2D eigenvalue weighted by molar-refractivity contribution is -0.917. The lowest BCUT2D eigenvalue weighted by Gasteiger charge is -2.42. The number of carbonyl (C=O) groups is 1. The average molecular weight is 237 g/mol. The second kappa shape index (κ2) is 5.32. The van der Waals surface area contributed by atoms with Crippen molar-refractivity contribution < 1.29 is 9.28 Å². The van der Waals surface area contributed by atoms with Crippen LogP contribution < -0.4 is 5.32 Å². The van der Waals surface area contributed by atoms with Gasteiger partial charge in [0, 0.05) is 25.9 Å². The number of Topliss-reactive ketones (excluding diaryl/α,β-unsaturated/α-hetero) is 1. The molecule has 1 aliphatic heterocycles. The third-order valence-corrected chi connectivity index (χ3v) is 4.34. The van der Waals surface area contributed by atoms with Gasteiger partial charge >= 0.3 is 0 Å². The molecule has 0 spiro atoms. The van der Waals surface area contributed by atoms with Crippen molar-refractivity contribution in [3.8, 4) is 0 Å². The zero-order chi connectivity index (χ0) is 12.3. The minimum absolute atomic E-state index is 0.394. The second-order valence-corrected chi connectivity index (χ2v) is 5.94. The van der Waals surface area contributed by atoms with E-state index < -0.39 is 0 Å². The Morgan fingerprint density at radius 2 is 2.29 bits per heavy atom. The van der Waals surface area contributed by atoms with Crippen LogP contribution in [0, 0.1) is 0 Å². The summed E-state index contributed by atoms with van der Waals surface area (Å²) >= 11 is 0. The first-order valence-corrected chi connectivity index (χ1v) is 6.85. The number of nitrogens with one attached hydrogen (secondary N) is 1. The minimum atomic E-state index is 0.394. The van der Waals surface area contributed by atoms with Crippen LogP contribution in [0.5, 0.6) is 0 Å². The maximum atomic E-state index is 11.7. The summed E-state index contributed by atoms with van der Waals surface area (Å²) in [5.41, 5.74) is 1.10. The smallest absolute Gasteiger partial charge is 0.158 e. The third kappa shape index (κ3) is 3.17. The van der Waals surface area contributed by atoms with Crippen LogP contribution in [-0.2, 0) is 4.79 Å². The Kier molecular flexibility index (Phi) is 4.00. The summed E-state index contributed by atoms with van der Waals surface area (Å²) in [7, 11) is 4.62. The third-order valence-electron chi connectivity index (χ3n) is 4.34. The molecule has 3 nitrogen and oxygen atoms in total. The number of nitrogens with zero attached hydrogens (tertiary/aromatic N) is 1. The van der Waals surface area contributed by atoms with E-state index in [4.69, 9.17) is 0 Å². The fourth-order valence-electron chi connectivity index (χ4n) is 2.89. The van der Waals surface area contributed by atoms with Crippen molar-refractivity contribution in [3.05, 3.63) is 11.6 Å². The SMILES string of the molecule is C[N+]1(C)CCNCC1CCC1=CCCCC1=O. The molecule has 17 heavy (non-hydrogen) atoms. The highest BCUT2D eigenvalue weighted by molar-refractivity contribution is 5.95. The van der Waals surface area contributed by atoms with Gasteiger partial charge in [-0.3, -0.25) is 4.79 Å². The monoisotopic (exact) mass is 237 g/mol.